The zero-order valence-corrected chi connectivity index (χ0v) is 16.5. The summed E-state index contributed by atoms with van der Waals surface area (Å²) in [6, 6.07) is 17.2. The average molecular weight is 424 g/mol. The number of halogens is 1. The Hall–Kier alpha value is -3.72. The number of hydrogen-bond donors (Lipinski definition) is 1. The van der Waals surface area contributed by atoms with Crippen molar-refractivity contribution < 1.29 is 17.5 Å². The van der Waals surface area contributed by atoms with Crippen molar-refractivity contribution in [3.8, 4) is 17.4 Å². The molecule has 0 radical (unpaired) electrons. The summed E-state index contributed by atoms with van der Waals surface area (Å²) in [6.07, 6.45) is 5.13. The third kappa shape index (κ3) is 5.00. The van der Waals surface area contributed by atoms with E-state index in [2.05, 4.69) is 14.7 Å². The normalized spacial score (nSPS) is 11.2. The molecule has 0 bridgehead atoms. The Morgan fingerprint density at radius 1 is 0.967 bits per heavy atom. The second-order valence-electron chi connectivity index (χ2n) is 6.42. The van der Waals surface area contributed by atoms with Gasteiger partial charge in [0, 0.05) is 24.1 Å². The lowest BCUT2D eigenvalue weighted by molar-refractivity contribution is 0.461. The Kier molecular flexibility index (Phi) is 5.44. The van der Waals surface area contributed by atoms with E-state index in [4.69, 9.17) is 4.74 Å². The van der Waals surface area contributed by atoms with Gasteiger partial charge in [0.2, 0.25) is 15.9 Å². The molecule has 0 aliphatic carbocycles. The van der Waals surface area contributed by atoms with Gasteiger partial charge in [0.25, 0.3) is 0 Å². The van der Waals surface area contributed by atoms with Crippen LogP contribution in [0, 0.1) is 5.82 Å². The number of aromatic nitrogens is 3. The minimum atomic E-state index is -3.64. The van der Waals surface area contributed by atoms with Crippen LogP contribution in [0.1, 0.15) is 5.56 Å². The maximum absolute atomic E-state index is 13.0. The smallest absolute Gasteiger partial charge is 0.236 e. The Morgan fingerprint density at radius 3 is 2.37 bits per heavy atom. The first-order valence-electron chi connectivity index (χ1n) is 8.95. The summed E-state index contributed by atoms with van der Waals surface area (Å²) in [5.74, 6) is 0.847. The predicted octanol–water partition coefficient (Wildman–Crippen LogP) is 4.14. The first-order valence-corrected chi connectivity index (χ1v) is 10.6. The SMILES string of the molecule is O=S(=O)(Cc1ccc(F)cc1)Nc1ccc(Oc2cc(-n3cccc3)ncn2)cc1. The lowest BCUT2D eigenvalue weighted by Gasteiger charge is -2.10. The zero-order chi connectivity index (χ0) is 21.0. The van der Waals surface area contributed by atoms with E-state index in [0.717, 1.165) is 0 Å². The van der Waals surface area contributed by atoms with Gasteiger partial charge in [-0.25, -0.2) is 22.8 Å². The number of nitrogens with one attached hydrogen (secondary N) is 1. The van der Waals surface area contributed by atoms with Gasteiger partial charge in [-0.3, -0.25) is 4.72 Å². The third-order valence-electron chi connectivity index (χ3n) is 4.12. The van der Waals surface area contributed by atoms with Crippen molar-refractivity contribution >= 4 is 15.7 Å². The van der Waals surface area contributed by atoms with Crippen LogP contribution in [0.3, 0.4) is 0 Å². The molecule has 4 aromatic rings. The van der Waals surface area contributed by atoms with Crippen LogP contribution in [0.15, 0.2) is 85.5 Å². The van der Waals surface area contributed by atoms with Crippen molar-refractivity contribution in [2.45, 2.75) is 5.75 Å². The van der Waals surface area contributed by atoms with E-state index in [9.17, 15) is 12.8 Å². The van der Waals surface area contributed by atoms with Crippen molar-refractivity contribution in [2.24, 2.45) is 0 Å². The van der Waals surface area contributed by atoms with Gasteiger partial charge >= 0.3 is 0 Å². The molecule has 0 aliphatic heterocycles. The fourth-order valence-corrected chi connectivity index (χ4v) is 3.94. The number of nitrogens with zero attached hydrogens (tertiary/aromatic N) is 3. The molecule has 1 N–H and O–H groups in total. The number of hydrogen-bond acceptors (Lipinski definition) is 5. The second kappa shape index (κ2) is 8.34. The lowest BCUT2D eigenvalue weighted by atomic mass is 10.2. The molecule has 0 saturated heterocycles. The van der Waals surface area contributed by atoms with E-state index >= 15 is 0 Å². The van der Waals surface area contributed by atoms with Crippen LogP contribution < -0.4 is 9.46 Å². The molecule has 0 spiro atoms. The number of anilines is 1. The minimum absolute atomic E-state index is 0.255. The molecule has 2 aromatic carbocycles. The Balaban J connectivity index is 1.42. The zero-order valence-electron chi connectivity index (χ0n) is 15.6. The maximum Gasteiger partial charge on any atom is 0.236 e. The van der Waals surface area contributed by atoms with E-state index < -0.39 is 15.8 Å². The third-order valence-corrected chi connectivity index (χ3v) is 5.38. The Bertz CT molecular complexity index is 1230. The summed E-state index contributed by atoms with van der Waals surface area (Å²) < 4.78 is 47.7. The highest BCUT2D eigenvalue weighted by Gasteiger charge is 2.12. The Labute approximate surface area is 172 Å². The van der Waals surface area contributed by atoms with Crippen molar-refractivity contribution in [1.29, 1.82) is 0 Å². The molecule has 4 rings (SSSR count). The first kappa shape index (κ1) is 19.6. The molecular weight excluding hydrogens is 407 g/mol. The monoisotopic (exact) mass is 424 g/mol. The number of sulfonamides is 1. The van der Waals surface area contributed by atoms with E-state index in [-0.39, 0.29) is 5.75 Å². The number of benzene rings is 2. The van der Waals surface area contributed by atoms with E-state index in [1.165, 1.54) is 30.6 Å². The van der Waals surface area contributed by atoms with Crippen molar-refractivity contribution in [2.75, 3.05) is 4.72 Å². The molecule has 0 unspecified atom stereocenters. The van der Waals surface area contributed by atoms with Crippen LogP contribution in [0.25, 0.3) is 5.82 Å². The van der Waals surface area contributed by atoms with Gasteiger partial charge in [0.15, 0.2) is 0 Å². The molecule has 30 heavy (non-hydrogen) atoms. The predicted molar refractivity (Wildman–Crippen MR) is 111 cm³/mol. The van der Waals surface area contributed by atoms with Crippen LogP contribution in [0.4, 0.5) is 10.1 Å². The molecule has 2 heterocycles. The summed E-state index contributed by atoms with van der Waals surface area (Å²) in [7, 11) is -3.64. The molecule has 0 aliphatic rings. The van der Waals surface area contributed by atoms with Crippen LogP contribution in [-0.2, 0) is 15.8 Å². The average Bonchev–Trinajstić information content (AvgIpc) is 3.26. The highest BCUT2D eigenvalue weighted by atomic mass is 32.2. The molecular formula is C21H17FN4O3S. The van der Waals surface area contributed by atoms with Gasteiger partial charge in [-0.1, -0.05) is 12.1 Å². The lowest BCUT2D eigenvalue weighted by Crippen LogP contribution is -2.15. The molecule has 9 heteroatoms. The highest BCUT2D eigenvalue weighted by Crippen LogP contribution is 2.23. The summed E-state index contributed by atoms with van der Waals surface area (Å²) in [5, 5.41) is 0. The summed E-state index contributed by atoms with van der Waals surface area (Å²) in [6.45, 7) is 0. The maximum atomic E-state index is 13.0. The van der Waals surface area contributed by atoms with Crippen LogP contribution in [0.5, 0.6) is 11.6 Å². The minimum Gasteiger partial charge on any atom is -0.439 e. The van der Waals surface area contributed by atoms with Crippen molar-refractivity contribution in [3.63, 3.8) is 0 Å². The largest absolute Gasteiger partial charge is 0.439 e. The van der Waals surface area contributed by atoms with Gasteiger partial charge in [-0.05, 0) is 54.1 Å². The summed E-state index contributed by atoms with van der Waals surface area (Å²) in [5.41, 5.74) is 0.881. The number of rotatable bonds is 7. The fraction of sp³-hybridized carbons (Fsp3) is 0.0476. The summed E-state index contributed by atoms with van der Waals surface area (Å²) in [4.78, 5) is 8.29. The molecule has 7 nitrogen and oxygen atoms in total. The molecule has 152 valence electrons. The molecule has 0 fully saturated rings. The van der Waals surface area contributed by atoms with Gasteiger partial charge in [-0.2, -0.15) is 0 Å². The van der Waals surface area contributed by atoms with E-state index in [1.54, 1.807) is 30.3 Å². The molecule has 0 amide bonds. The standard InChI is InChI=1S/C21H17FN4O3S/c22-17-5-3-16(4-6-17)14-30(27,28)25-18-7-9-19(10-8-18)29-21-13-20(23-15-24-21)26-11-1-2-12-26/h1-13,15,25H,14H2. The van der Waals surface area contributed by atoms with Crippen LogP contribution in [0.2, 0.25) is 0 Å². The molecule has 2 aromatic heterocycles. The highest BCUT2D eigenvalue weighted by molar-refractivity contribution is 7.91. The van der Waals surface area contributed by atoms with Gasteiger partial charge < -0.3 is 9.30 Å². The quantitative estimate of drug-likeness (QED) is 0.482. The van der Waals surface area contributed by atoms with Crippen LogP contribution in [-0.4, -0.2) is 23.0 Å². The topological polar surface area (TPSA) is 86.1 Å². The Morgan fingerprint density at radius 2 is 1.67 bits per heavy atom. The van der Waals surface area contributed by atoms with Gasteiger partial charge in [0.05, 0.1) is 5.75 Å². The molecule has 0 saturated carbocycles. The van der Waals surface area contributed by atoms with Crippen molar-refractivity contribution in [1.82, 2.24) is 14.5 Å². The van der Waals surface area contributed by atoms with E-state index in [1.807, 2.05) is 29.1 Å². The van der Waals surface area contributed by atoms with E-state index in [0.29, 0.717) is 28.7 Å². The second-order valence-corrected chi connectivity index (χ2v) is 8.14. The summed E-state index contributed by atoms with van der Waals surface area (Å²) >= 11 is 0. The van der Waals surface area contributed by atoms with Crippen molar-refractivity contribution in [3.05, 3.63) is 96.8 Å². The van der Waals surface area contributed by atoms with Gasteiger partial charge in [0.1, 0.15) is 23.7 Å². The number of ether oxygens (including phenoxy) is 1. The first-order chi connectivity index (χ1) is 14.5. The fourth-order valence-electron chi connectivity index (χ4n) is 2.74. The van der Waals surface area contributed by atoms with Crippen LogP contribution >= 0.6 is 0 Å². The van der Waals surface area contributed by atoms with Gasteiger partial charge in [-0.15, -0.1) is 0 Å². The molecule has 0 atom stereocenters.